The van der Waals surface area contributed by atoms with Crippen molar-refractivity contribution >= 4 is 44.8 Å². The summed E-state index contributed by atoms with van der Waals surface area (Å²) in [7, 11) is -1.99. The van der Waals surface area contributed by atoms with E-state index in [0.29, 0.717) is 54.1 Å². The van der Waals surface area contributed by atoms with Crippen molar-refractivity contribution in [1.82, 2.24) is 9.21 Å². The van der Waals surface area contributed by atoms with E-state index in [2.05, 4.69) is 10.6 Å². The molecule has 5 N–H and O–H groups in total. The Labute approximate surface area is 260 Å². The number of hydrogen-bond donors (Lipinski definition) is 4. The molecule has 0 spiro atoms. The minimum absolute atomic E-state index is 0.0125. The third-order valence-electron chi connectivity index (χ3n) is 7.75. The lowest BCUT2D eigenvalue weighted by atomic mass is 10.0. The lowest BCUT2D eigenvalue weighted by Gasteiger charge is -2.33. The summed E-state index contributed by atoms with van der Waals surface area (Å²) >= 11 is 0. The minimum Gasteiger partial charge on any atom is -0.488 e. The maximum atomic E-state index is 13.4. The topological polar surface area (TPSA) is 171 Å². The van der Waals surface area contributed by atoms with E-state index in [1.54, 1.807) is 54.3 Å². The Kier molecular flexibility index (Phi) is 12.6. The number of nitrogen functional groups attached to an aromatic ring is 1. The van der Waals surface area contributed by atoms with Gasteiger partial charge in [-0.3, -0.25) is 14.4 Å². The van der Waals surface area contributed by atoms with Crippen LogP contribution in [0.5, 0.6) is 5.75 Å². The Bertz CT molecular complexity index is 1420. The van der Waals surface area contributed by atoms with Crippen molar-refractivity contribution in [3.8, 4) is 5.75 Å². The molecule has 13 heteroatoms. The predicted octanol–water partition coefficient (Wildman–Crippen LogP) is 2.84. The highest BCUT2D eigenvalue weighted by molar-refractivity contribution is 7.88. The zero-order valence-corrected chi connectivity index (χ0v) is 26.7. The zero-order chi connectivity index (χ0) is 32.4. The van der Waals surface area contributed by atoms with E-state index < -0.39 is 22.2 Å². The number of nitrogens with zero attached hydrogens (tertiary/aromatic N) is 2. The van der Waals surface area contributed by atoms with Crippen molar-refractivity contribution < 1.29 is 32.6 Å². The number of nitrogens with one attached hydrogen (secondary N) is 2. The molecule has 0 aromatic heterocycles. The second kappa shape index (κ2) is 15.9. The molecule has 0 aliphatic carbocycles. The van der Waals surface area contributed by atoms with Gasteiger partial charge < -0.3 is 31.1 Å². The molecule has 0 fully saturated rings. The number of benzene rings is 2. The molecule has 0 unspecified atom stereocenters. The maximum absolute atomic E-state index is 13.4. The van der Waals surface area contributed by atoms with E-state index in [-0.39, 0.29) is 56.2 Å². The SMILES string of the molecule is C[C@@H]1CN([C@H](C)CO)C(=O)Cc2cc(NC(=O)CCCCCC(=O)Nc3ccccc3N)ccc2O[C@@H]1CN(C)S(C)(=O)=O. The largest absolute Gasteiger partial charge is 0.488 e. The highest BCUT2D eigenvalue weighted by Gasteiger charge is 2.32. The normalized spacial score (nSPS) is 18.0. The molecule has 12 nitrogen and oxygen atoms in total. The number of aliphatic hydroxyl groups excluding tert-OH is 1. The number of nitrogens with two attached hydrogens (primary N) is 1. The Balaban J connectivity index is 1.62. The molecular formula is C31H45N5O7S. The van der Waals surface area contributed by atoms with Crippen LogP contribution in [0, 0.1) is 5.92 Å². The molecule has 0 saturated heterocycles. The quantitative estimate of drug-likeness (QED) is 0.193. The van der Waals surface area contributed by atoms with Crippen LogP contribution in [0.3, 0.4) is 0 Å². The molecule has 2 aromatic rings. The first kappa shape index (κ1) is 34.8. The molecule has 2 aromatic carbocycles. The Morgan fingerprint density at radius 1 is 1.11 bits per heavy atom. The van der Waals surface area contributed by atoms with Crippen molar-refractivity contribution in [3.05, 3.63) is 48.0 Å². The minimum atomic E-state index is -3.47. The number of aliphatic hydroxyl groups is 1. The molecule has 242 valence electrons. The van der Waals surface area contributed by atoms with E-state index in [4.69, 9.17) is 10.5 Å². The Morgan fingerprint density at radius 3 is 2.41 bits per heavy atom. The molecule has 3 amide bonds. The Hall–Kier alpha value is -3.68. The average molecular weight is 632 g/mol. The summed E-state index contributed by atoms with van der Waals surface area (Å²) in [5.74, 6) is -0.345. The van der Waals surface area contributed by atoms with Crippen LogP contribution in [0.25, 0.3) is 0 Å². The molecular weight excluding hydrogens is 586 g/mol. The number of hydrogen-bond acceptors (Lipinski definition) is 8. The summed E-state index contributed by atoms with van der Waals surface area (Å²) in [5, 5.41) is 15.5. The number of para-hydroxylation sites is 2. The van der Waals surface area contributed by atoms with Crippen LogP contribution in [0.2, 0.25) is 0 Å². The number of amides is 3. The van der Waals surface area contributed by atoms with Crippen LogP contribution in [0.1, 0.15) is 51.5 Å². The molecule has 44 heavy (non-hydrogen) atoms. The van der Waals surface area contributed by atoms with Crippen molar-refractivity contribution in [1.29, 1.82) is 0 Å². The summed E-state index contributed by atoms with van der Waals surface area (Å²) in [5.41, 5.74) is 8.00. The number of sulfonamides is 1. The third-order valence-corrected chi connectivity index (χ3v) is 9.03. The molecule has 1 aliphatic heterocycles. The smallest absolute Gasteiger partial charge is 0.227 e. The number of ether oxygens (including phenoxy) is 1. The van der Waals surface area contributed by atoms with E-state index in [9.17, 15) is 27.9 Å². The number of fused-ring (bicyclic) bond motifs is 1. The molecule has 0 bridgehead atoms. The molecule has 1 heterocycles. The van der Waals surface area contributed by atoms with Gasteiger partial charge >= 0.3 is 0 Å². The van der Waals surface area contributed by atoms with Gasteiger partial charge in [-0.25, -0.2) is 12.7 Å². The van der Waals surface area contributed by atoms with Gasteiger partial charge in [-0.05, 0) is 50.1 Å². The maximum Gasteiger partial charge on any atom is 0.227 e. The van der Waals surface area contributed by atoms with Crippen molar-refractivity contribution in [2.45, 2.75) is 64.5 Å². The van der Waals surface area contributed by atoms with Gasteiger partial charge in [-0.15, -0.1) is 0 Å². The third kappa shape index (κ3) is 10.2. The van der Waals surface area contributed by atoms with E-state index in [1.807, 2.05) is 6.92 Å². The highest BCUT2D eigenvalue weighted by atomic mass is 32.2. The second-order valence-corrected chi connectivity index (χ2v) is 13.6. The monoisotopic (exact) mass is 631 g/mol. The predicted molar refractivity (Wildman–Crippen MR) is 171 cm³/mol. The van der Waals surface area contributed by atoms with E-state index in [0.717, 1.165) is 6.26 Å². The summed E-state index contributed by atoms with van der Waals surface area (Å²) < 4.78 is 31.8. The van der Waals surface area contributed by atoms with Gasteiger partial charge in [0.1, 0.15) is 11.9 Å². The number of carbonyl (C=O) groups is 3. The first-order chi connectivity index (χ1) is 20.8. The fourth-order valence-electron chi connectivity index (χ4n) is 4.91. The standard InChI is InChI=1S/C31H45N5O7S/c1-21-18-36(22(2)20-37)31(40)17-23-16-24(14-15-27(23)43-28(21)19-35(3)44(4,41)42)33-29(38)12-6-5-7-13-30(39)34-26-11-9-8-10-25(26)32/h8-11,14-16,21-22,28,37H,5-7,12-13,17-20,32H2,1-4H3,(H,33,38)(H,34,39)/t21-,22-,28-/m1/s1. The summed E-state index contributed by atoms with van der Waals surface area (Å²) in [6.07, 6.45) is 3.04. The van der Waals surface area contributed by atoms with Crippen LogP contribution in [0.4, 0.5) is 17.1 Å². The molecule has 0 radical (unpaired) electrons. The average Bonchev–Trinajstić information content (AvgIpc) is 3.00. The number of rotatable bonds is 13. The van der Waals surface area contributed by atoms with E-state index in [1.165, 1.54) is 11.4 Å². The van der Waals surface area contributed by atoms with Crippen LogP contribution in [-0.4, -0.2) is 85.6 Å². The fraction of sp³-hybridized carbons (Fsp3) is 0.516. The van der Waals surface area contributed by atoms with Crippen molar-refractivity contribution in [2.24, 2.45) is 5.92 Å². The van der Waals surface area contributed by atoms with Gasteiger partial charge in [0, 0.05) is 43.6 Å². The first-order valence-electron chi connectivity index (χ1n) is 14.8. The molecule has 1 aliphatic rings. The fourth-order valence-corrected chi connectivity index (χ4v) is 5.33. The van der Waals surface area contributed by atoms with Gasteiger partial charge in [0.15, 0.2) is 0 Å². The van der Waals surface area contributed by atoms with Gasteiger partial charge in [0.05, 0.1) is 43.2 Å². The number of anilines is 3. The van der Waals surface area contributed by atoms with Crippen LogP contribution in [0.15, 0.2) is 42.5 Å². The Morgan fingerprint density at radius 2 is 1.77 bits per heavy atom. The highest BCUT2D eigenvalue weighted by Crippen LogP contribution is 2.29. The number of unbranched alkanes of at least 4 members (excludes halogenated alkanes) is 2. The van der Waals surface area contributed by atoms with Gasteiger partial charge in [0.25, 0.3) is 0 Å². The molecule has 3 atom stereocenters. The van der Waals surface area contributed by atoms with Gasteiger partial charge in [-0.2, -0.15) is 0 Å². The van der Waals surface area contributed by atoms with E-state index >= 15 is 0 Å². The van der Waals surface area contributed by atoms with Crippen LogP contribution >= 0.6 is 0 Å². The summed E-state index contributed by atoms with van der Waals surface area (Å²) in [6, 6.07) is 11.7. The van der Waals surface area contributed by atoms with Crippen LogP contribution < -0.4 is 21.1 Å². The van der Waals surface area contributed by atoms with Gasteiger partial charge in [-0.1, -0.05) is 25.5 Å². The first-order valence-corrected chi connectivity index (χ1v) is 16.7. The lowest BCUT2D eigenvalue weighted by Crippen LogP contribution is -2.48. The van der Waals surface area contributed by atoms with Crippen molar-refractivity contribution in [2.75, 3.05) is 49.4 Å². The van der Waals surface area contributed by atoms with Crippen molar-refractivity contribution in [3.63, 3.8) is 0 Å². The molecule has 3 rings (SSSR count). The zero-order valence-electron chi connectivity index (χ0n) is 25.9. The summed E-state index contributed by atoms with van der Waals surface area (Å²) in [6.45, 7) is 3.78. The number of carbonyl (C=O) groups excluding carboxylic acids is 3. The summed E-state index contributed by atoms with van der Waals surface area (Å²) in [4.78, 5) is 39.8. The lowest BCUT2D eigenvalue weighted by molar-refractivity contribution is -0.134. The van der Waals surface area contributed by atoms with Gasteiger partial charge in [0.2, 0.25) is 27.7 Å². The second-order valence-electron chi connectivity index (χ2n) is 11.5. The molecule has 0 saturated carbocycles. The number of likely N-dealkylation sites (N-methyl/N-ethyl adjacent to an activating group) is 1. The van der Waals surface area contributed by atoms with Crippen LogP contribution in [-0.2, 0) is 30.8 Å².